The standard InChI is InChI=1S/C10H14ClN3OS/c1-7-5-16-4-3-14(7)10-8(15-2)9(11)12-6-13-10/h6-7H,3-5H2,1-2H3. The Hall–Kier alpha value is -0.680. The zero-order valence-corrected chi connectivity index (χ0v) is 10.9. The first-order chi connectivity index (χ1) is 7.74. The highest BCUT2D eigenvalue weighted by atomic mass is 35.5. The van der Waals surface area contributed by atoms with E-state index in [9.17, 15) is 0 Å². The van der Waals surface area contributed by atoms with Crippen LogP contribution in [-0.2, 0) is 0 Å². The highest BCUT2D eigenvalue weighted by Gasteiger charge is 2.24. The summed E-state index contributed by atoms with van der Waals surface area (Å²) in [5, 5.41) is 0.373. The molecule has 88 valence electrons. The summed E-state index contributed by atoms with van der Waals surface area (Å²) in [4.78, 5) is 10.4. The largest absolute Gasteiger partial charge is 0.490 e. The molecule has 1 saturated heterocycles. The van der Waals surface area contributed by atoms with Crippen LogP contribution in [0.5, 0.6) is 5.75 Å². The fraction of sp³-hybridized carbons (Fsp3) is 0.600. The maximum atomic E-state index is 5.99. The number of nitrogens with zero attached hydrogens (tertiary/aromatic N) is 3. The van der Waals surface area contributed by atoms with Crippen molar-refractivity contribution < 1.29 is 4.74 Å². The summed E-state index contributed by atoms with van der Waals surface area (Å²) in [6.07, 6.45) is 1.48. The average molecular weight is 260 g/mol. The van der Waals surface area contributed by atoms with E-state index in [1.165, 1.54) is 6.33 Å². The van der Waals surface area contributed by atoms with Crippen LogP contribution in [-0.4, -0.2) is 41.2 Å². The Balaban J connectivity index is 2.34. The number of rotatable bonds is 2. The van der Waals surface area contributed by atoms with Gasteiger partial charge in [0.25, 0.3) is 0 Å². The number of methoxy groups -OCH3 is 1. The fourth-order valence-corrected chi connectivity index (χ4v) is 2.98. The molecule has 0 aromatic carbocycles. The molecule has 0 amide bonds. The molecule has 0 radical (unpaired) electrons. The molecule has 0 spiro atoms. The Morgan fingerprint density at radius 1 is 1.56 bits per heavy atom. The second kappa shape index (κ2) is 5.10. The highest BCUT2D eigenvalue weighted by molar-refractivity contribution is 7.99. The number of anilines is 1. The van der Waals surface area contributed by atoms with Crippen molar-refractivity contribution in [3.05, 3.63) is 11.5 Å². The van der Waals surface area contributed by atoms with Crippen molar-refractivity contribution in [2.75, 3.05) is 30.1 Å². The van der Waals surface area contributed by atoms with Crippen LogP contribution in [0.1, 0.15) is 6.92 Å². The summed E-state index contributed by atoms with van der Waals surface area (Å²) in [6, 6.07) is 0.443. The minimum absolute atomic E-state index is 0.373. The molecule has 1 aliphatic heterocycles. The van der Waals surface area contributed by atoms with E-state index in [-0.39, 0.29) is 0 Å². The molecular formula is C10H14ClN3OS. The van der Waals surface area contributed by atoms with Crippen molar-refractivity contribution in [2.24, 2.45) is 0 Å². The van der Waals surface area contributed by atoms with E-state index in [0.717, 1.165) is 23.9 Å². The monoisotopic (exact) mass is 259 g/mol. The van der Waals surface area contributed by atoms with E-state index < -0.39 is 0 Å². The molecule has 16 heavy (non-hydrogen) atoms. The predicted octanol–water partition coefficient (Wildman–Crippen LogP) is 2.08. The second-order valence-electron chi connectivity index (χ2n) is 3.64. The first-order valence-corrected chi connectivity index (χ1v) is 6.66. The maximum absolute atomic E-state index is 5.99. The van der Waals surface area contributed by atoms with Crippen LogP contribution in [0.2, 0.25) is 5.15 Å². The summed E-state index contributed by atoms with van der Waals surface area (Å²) in [7, 11) is 1.59. The van der Waals surface area contributed by atoms with Crippen molar-refractivity contribution in [1.82, 2.24) is 9.97 Å². The lowest BCUT2D eigenvalue weighted by atomic mass is 10.3. The molecule has 1 atom stereocenters. The minimum atomic E-state index is 0.373. The molecule has 1 aromatic heterocycles. The van der Waals surface area contributed by atoms with Crippen LogP contribution in [0.3, 0.4) is 0 Å². The third-order valence-electron chi connectivity index (χ3n) is 2.59. The van der Waals surface area contributed by atoms with Crippen LogP contribution in [0, 0.1) is 0 Å². The first kappa shape index (κ1) is 11.8. The minimum Gasteiger partial charge on any atom is -0.490 e. The van der Waals surface area contributed by atoms with E-state index in [1.54, 1.807) is 7.11 Å². The molecule has 4 nitrogen and oxygen atoms in total. The lowest BCUT2D eigenvalue weighted by Crippen LogP contribution is -2.41. The topological polar surface area (TPSA) is 38.3 Å². The highest BCUT2D eigenvalue weighted by Crippen LogP contribution is 2.34. The Bertz CT molecular complexity index is 377. The van der Waals surface area contributed by atoms with Gasteiger partial charge >= 0.3 is 0 Å². The van der Waals surface area contributed by atoms with Crippen molar-refractivity contribution in [2.45, 2.75) is 13.0 Å². The average Bonchev–Trinajstić information content (AvgIpc) is 2.29. The molecule has 1 aromatic rings. The molecule has 1 unspecified atom stereocenters. The molecule has 0 saturated carbocycles. The molecule has 6 heteroatoms. The number of ether oxygens (including phenoxy) is 1. The normalized spacial score (nSPS) is 20.9. The Morgan fingerprint density at radius 3 is 3.06 bits per heavy atom. The molecule has 0 bridgehead atoms. The lowest BCUT2D eigenvalue weighted by molar-refractivity contribution is 0.409. The molecule has 2 rings (SSSR count). The van der Waals surface area contributed by atoms with Gasteiger partial charge in [0.2, 0.25) is 0 Å². The third-order valence-corrected chi connectivity index (χ3v) is 4.04. The van der Waals surface area contributed by atoms with E-state index in [1.807, 2.05) is 11.8 Å². The zero-order chi connectivity index (χ0) is 11.5. The predicted molar refractivity (Wildman–Crippen MR) is 67.7 cm³/mol. The van der Waals surface area contributed by atoms with Crippen molar-refractivity contribution >= 4 is 29.2 Å². The van der Waals surface area contributed by atoms with Crippen molar-refractivity contribution in [3.63, 3.8) is 0 Å². The van der Waals surface area contributed by atoms with Gasteiger partial charge in [-0.25, -0.2) is 9.97 Å². The van der Waals surface area contributed by atoms with Crippen LogP contribution in [0.25, 0.3) is 0 Å². The van der Waals surface area contributed by atoms with Gasteiger partial charge in [0.1, 0.15) is 6.33 Å². The van der Waals surface area contributed by atoms with Gasteiger partial charge in [-0.1, -0.05) is 11.6 Å². The van der Waals surface area contributed by atoms with E-state index in [4.69, 9.17) is 16.3 Å². The fourth-order valence-electron chi connectivity index (χ4n) is 1.77. The molecule has 2 heterocycles. The van der Waals surface area contributed by atoms with Crippen LogP contribution >= 0.6 is 23.4 Å². The van der Waals surface area contributed by atoms with Crippen molar-refractivity contribution in [3.8, 4) is 5.75 Å². The number of halogens is 1. The number of hydrogen-bond donors (Lipinski definition) is 0. The van der Waals surface area contributed by atoms with Gasteiger partial charge in [-0.05, 0) is 6.92 Å². The third kappa shape index (κ3) is 2.20. The molecule has 1 aliphatic rings. The first-order valence-electron chi connectivity index (χ1n) is 5.13. The second-order valence-corrected chi connectivity index (χ2v) is 5.15. The van der Waals surface area contributed by atoms with Crippen LogP contribution in [0.15, 0.2) is 6.33 Å². The van der Waals surface area contributed by atoms with Gasteiger partial charge < -0.3 is 9.64 Å². The molecule has 0 N–H and O–H groups in total. The smallest absolute Gasteiger partial charge is 0.199 e. The Morgan fingerprint density at radius 2 is 2.38 bits per heavy atom. The SMILES string of the molecule is COc1c(Cl)ncnc1N1CCSCC1C. The zero-order valence-electron chi connectivity index (χ0n) is 9.31. The Kier molecular flexibility index (Phi) is 3.76. The van der Waals surface area contributed by atoms with Crippen molar-refractivity contribution in [1.29, 1.82) is 0 Å². The van der Waals surface area contributed by atoms with Gasteiger partial charge in [0, 0.05) is 24.1 Å². The maximum Gasteiger partial charge on any atom is 0.199 e. The summed E-state index contributed by atoms with van der Waals surface area (Å²) in [5.41, 5.74) is 0. The summed E-state index contributed by atoms with van der Waals surface area (Å²) < 4.78 is 5.27. The van der Waals surface area contributed by atoms with Crippen LogP contribution in [0.4, 0.5) is 5.82 Å². The number of aromatic nitrogens is 2. The van der Waals surface area contributed by atoms with Gasteiger partial charge in [-0.15, -0.1) is 0 Å². The van der Waals surface area contributed by atoms with Gasteiger partial charge in [-0.3, -0.25) is 0 Å². The van der Waals surface area contributed by atoms with E-state index in [2.05, 4.69) is 21.8 Å². The molecular weight excluding hydrogens is 246 g/mol. The number of thioether (sulfide) groups is 1. The Labute approximate surface area is 104 Å². The van der Waals surface area contributed by atoms with E-state index >= 15 is 0 Å². The quantitative estimate of drug-likeness (QED) is 0.761. The van der Waals surface area contributed by atoms with Crippen LogP contribution < -0.4 is 9.64 Å². The number of hydrogen-bond acceptors (Lipinski definition) is 5. The summed E-state index contributed by atoms with van der Waals surface area (Å²) >= 11 is 7.95. The summed E-state index contributed by atoms with van der Waals surface area (Å²) in [5.74, 6) is 3.58. The summed E-state index contributed by atoms with van der Waals surface area (Å²) in [6.45, 7) is 3.15. The van der Waals surface area contributed by atoms with E-state index in [0.29, 0.717) is 16.9 Å². The van der Waals surface area contributed by atoms with Gasteiger partial charge in [0.05, 0.1) is 7.11 Å². The lowest BCUT2D eigenvalue weighted by Gasteiger charge is -2.34. The molecule has 1 fully saturated rings. The molecule has 0 aliphatic carbocycles. The van der Waals surface area contributed by atoms with Gasteiger partial charge in [0.15, 0.2) is 16.7 Å². The van der Waals surface area contributed by atoms with Gasteiger partial charge in [-0.2, -0.15) is 11.8 Å².